The summed E-state index contributed by atoms with van der Waals surface area (Å²) in [4.78, 5) is 16.2. The number of benzene rings is 1. The topological polar surface area (TPSA) is 70.1 Å². The van der Waals surface area contributed by atoms with E-state index in [0.717, 1.165) is 25.9 Å². The Balaban J connectivity index is 1.77. The molecule has 2 heterocycles. The average molecular weight is 335 g/mol. The standard InChI is InChI=1S/C16H21N3O3S/c1-12-6-5-9-19(10-12)15(20)11-18(2)16-13-7-3-4-8-14(13)23(21,22)17-16/h3-4,7-8,12H,5-6,9-11H2,1-2H3/t12-/m1/s1. The summed E-state index contributed by atoms with van der Waals surface area (Å²) in [6.07, 6.45) is 2.17. The van der Waals surface area contributed by atoms with E-state index < -0.39 is 10.0 Å². The van der Waals surface area contributed by atoms with Crippen molar-refractivity contribution in [2.45, 2.75) is 24.7 Å². The van der Waals surface area contributed by atoms with Crippen LogP contribution in [0, 0.1) is 5.92 Å². The fourth-order valence-corrected chi connectivity index (χ4v) is 4.41. The van der Waals surface area contributed by atoms with Crippen LogP contribution in [0.2, 0.25) is 0 Å². The van der Waals surface area contributed by atoms with E-state index in [0.29, 0.717) is 17.3 Å². The third-order valence-corrected chi connectivity index (χ3v) is 5.68. The van der Waals surface area contributed by atoms with Crippen molar-refractivity contribution >= 4 is 21.8 Å². The Bertz CT molecular complexity index is 758. The zero-order valence-corrected chi connectivity index (χ0v) is 14.2. The van der Waals surface area contributed by atoms with Crippen LogP contribution in [0.3, 0.4) is 0 Å². The van der Waals surface area contributed by atoms with Crippen LogP contribution in [0.1, 0.15) is 25.3 Å². The van der Waals surface area contributed by atoms with Crippen LogP contribution in [0.4, 0.5) is 0 Å². The van der Waals surface area contributed by atoms with E-state index in [2.05, 4.69) is 11.3 Å². The molecule has 0 bridgehead atoms. The Morgan fingerprint density at radius 2 is 2.13 bits per heavy atom. The van der Waals surface area contributed by atoms with Gasteiger partial charge in [-0.1, -0.05) is 19.1 Å². The molecule has 0 radical (unpaired) electrons. The molecule has 1 saturated heterocycles. The van der Waals surface area contributed by atoms with Gasteiger partial charge in [0.15, 0.2) is 5.84 Å². The number of fused-ring (bicyclic) bond motifs is 1. The van der Waals surface area contributed by atoms with Crippen LogP contribution in [0.15, 0.2) is 33.6 Å². The molecule has 3 rings (SSSR count). The molecule has 0 N–H and O–H groups in total. The van der Waals surface area contributed by atoms with Crippen molar-refractivity contribution in [3.63, 3.8) is 0 Å². The maximum atomic E-state index is 12.5. The van der Waals surface area contributed by atoms with Crippen LogP contribution >= 0.6 is 0 Å². The average Bonchev–Trinajstić information content (AvgIpc) is 2.79. The first kappa shape index (κ1) is 16.0. The van der Waals surface area contributed by atoms with Gasteiger partial charge in [-0.15, -0.1) is 4.40 Å². The molecule has 0 spiro atoms. The molecule has 0 unspecified atom stereocenters. The lowest BCUT2D eigenvalue weighted by Gasteiger charge is -2.32. The van der Waals surface area contributed by atoms with Crippen LogP contribution in [0.5, 0.6) is 0 Å². The smallest absolute Gasteiger partial charge is 0.285 e. The minimum atomic E-state index is -3.65. The summed E-state index contributed by atoms with van der Waals surface area (Å²) in [5, 5.41) is 0. The van der Waals surface area contributed by atoms with Crippen LogP contribution < -0.4 is 0 Å². The van der Waals surface area contributed by atoms with Gasteiger partial charge in [-0.25, -0.2) is 0 Å². The zero-order valence-electron chi connectivity index (χ0n) is 13.4. The SMILES string of the molecule is C[C@@H]1CCCN(C(=O)CN(C)C2=NS(=O)(=O)c3ccccc32)C1. The summed E-state index contributed by atoms with van der Waals surface area (Å²) in [6.45, 7) is 3.83. The first-order valence-corrected chi connectivity index (χ1v) is 9.26. The molecular formula is C16H21N3O3S. The van der Waals surface area contributed by atoms with Crippen LogP contribution in [0.25, 0.3) is 0 Å². The molecule has 2 aliphatic rings. The Labute approximate surface area is 136 Å². The molecule has 0 aromatic heterocycles. The van der Waals surface area contributed by atoms with Crippen molar-refractivity contribution in [3.8, 4) is 0 Å². The molecule has 1 aromatic rings. The minimum absolute atomic E-state index is 0.0172. The third kappa shape index (κ3) is 3.10. The maximum Gasteiger partial charge on any atom is 0.285 e. The van der Waals surface area contributed by atoms with Gasteiger partial charge in [0.25, 0.3) is 10.0 Å². The summed E-state index contributed by atoms with van der Waals surface area (Å²) in [7, 11) is -1.94. The number of hydrogen-bond donors (Lipinski definition) is 0. The molecule has 6 nitrogen and oxygen atoms in total. The number of sulfonamides is 1. The summed E-state index contributed by atoms with van der Waals surface area (Å²) >= 11 is 0. The largest absolute Gasteiger partial charge is 0.349 e. The predicted octanol–water partition coefficient (Wildman–Crippen LogP) is 1.33. The Morgan fingerprint density at radius 3 is 2.87 bits per heavy atom. The lowest BCUT2D eigenvalue weighted by atomic mass is 10.0. The highest BCUT2D eigenvalue weighted by molar-refractivity contribution is 7.90. The molecule has 1 amide bonds. The van der Waals surface area contributed by atoms with Gasteiger partial charge in [0.1, 0.15) is 4.90 Å². The summed E-state index contributed by atoms with van der Waals surface area (Å²) in [6, 6.07) is 6.72. The number of nitrogens with zero attached hydrogens (tertiary/aromatic N) is 3. The minimum Gasteiger partial charge on any atom is -0.349 e. The number of piperidine rings is 1. The summed E-state index contributed by atoms with van der Waals surface area (Å²) in [5.41, 5.74) is 0.565. The first-order valence-electron chi connectivity index (χ1n) is 7.82. The van der Waals surface area contributed by atoms with Gasteiger partial charge in [0.05, 0.1) is 6.54 Å². The van der Waals surface area contributed by atoms with Gasteiger partial charge < -0.3 is 9.80 Å². The molecule has 1 fully saturated rings. The number of amidine groups is 1. The molecule has 1 aromatic carbocycles. The summed E-state index contributed by atoms with van der Waals surface area (Å²) in [5.74, 6) is 0.880. The highest BCUT2D eigenvalue weighted by Gasteiger charge is 2.31. The van der Waals surface area contributed by atoms with E-state index in [1.54, 1.807) is 36.2 Å². The summed E-state index contributed by atoms with van der Waals surface area (Å²) < 4.78 is 28.0. The number of hydrogen-bond acceptors (Lipinski definition) is 4. The number of likely N-dealkylation sites (N-methyl/N-ethyl adjacent to an activating group) is 1. The maximum absolute atomic E-state index is 12.5. The van der Waals surface area contributed by atoms with Gasteiger partial charge >= 0.3 is 0 Å². The van der Waals surface area contributed by atoms with E-state index in [4.69, 9.17) is 0 Å². The zero-order chi connectivity index (χ0) is 16.6. The lowest BCUT2D eigenvalue weighted by molar-refractivity contribution is -0.133. The number of rotatable bonds is 2. The number of carbonyl (C=O) groups is 1. The van der Waals surface area contributed by atoms with E-state index >= 15 is 0 Å². The normalized spacial score (nSPS) is 22.4. The second-order valence-electron chi connectivity index (χ2n) is 6.33. The quantitative estimate of drug-likeness (QED) is 0.817. The van der Waals surface area contributed by atoms with Gasteiger partial charge in [0, 0.05) is 25.7 Å². The predicted molar refractivity (Wildman–Crippen MR) is 87.8 cm³/mol. The Morgan fingerprint density at radius 1 is 1.39 bits per heavy atom. The van der Waals surface area contributed by atoms with Crippen molar-refractivity contribution in [2.24, 2.45) is 10.3 Å². The Hall–Kier alpha value is -1.89. The molecule has 1 atom stereocenters. The van der Waals surface area contributed by atoms with E-state index in [1.165, 1.54) is 0 Å². The Kier molecular flexibility index (Phi) is 4.14. The van der Waals surface area contributed by atoms with Crippen molar-refractivity contribution in [2.75, 3.05) is 26.7 Å². The van der Waals surface area contributed by atoms with Gasteiger partial charge in [-0.05, 0) is 30.9 Å². The van der Waals surface area contributed by atoms with E-state index in [1.807, 2.05) is 4.90 Å². The molecule has 2 aliphatic heterocycles. The van der Waals surface area contributed by atoms with Crippen molar-refractivity contribution < 1.29 is 13.2 Å². The second kappa shape index (κ2) is 5.96. The van der Waals surface area contributed by atoms with Gasteiger partial charge in [-0.3, -0.25) is 4.79 Å². The van der Waals surface area contributed by atoms with Gasteiger partial charge in [-0.2, -0.15) is 8.42 Å². The van der Waals surface area contributed by atoms with Crippen molar-refractivity contribution in [3.05, 3.63) is 29.8 Å². The third-order valence-electron chi connectivity index (χ3n) is 4.36. The highest BCUT2D eigenvalue weighted by Crippen LogP contribution is 2.27. The molecule has 0 aliphatic carbocycles. The van der Waals surface area contributed by atoms with Gasteiger partial charge in [0.2, 0.25) is 5.91 Å². The molecular weight excluding hydrogens is 314 g/mol. The fourth-order valence-electron chi connectivity index (χ4n) is 3.16. The monoisotopic (exact) mass is 335 g/mol. The molecule has 124 valence electrons. The molecule has 0 saturated carbocycles. The van der Waals surface area contributed by atoms with E-state index in [9.17, 15) is 13.2 Å². The first-order chi connectivity index (χ1) is 10.9. The van der Waals surface area contributed by atoms with Crippen molar-refractivity contribution in [1.29, 1.82) is 0 Å². The lowest BCUT2D eigenvalue weighted by Crippen LogP contribution is -2.45. The van der Waals surface area contributed by atoms with Crippen LogP contribution in [-0.2, 0) is 14.8 Å². The second-order valence-corrected chi connectivity index (χ2v) is 7.90. The molecule has 7 heteroatoms. The molecule has 23 heavy (non-hydrogen) atoms. The number of carbonyl (C=O) groups excluding carboxylic acids is 1. The van der Waals surface area contributed by atoms with E-state index in [-0.39, 0.29) is 17.3 Å². The van der Waals surface area contributed by atoms with Crippen LogP contribution in [-0.4, -0.2) is 56.6 Å². The highest BCUT2D eigenvalue weighted by atomic mass is 32.2. The number of amides is 1. The van der Waals surface area contributed by atoms with Crippen molar-refractivity contribution in [1.82, 2.24) is 9.80 Å². The fraction of sp³-hybridized carbons (Fsp3) is 0.500. The number of likely N-dealkylation sites (tertiary alicyclic amines) is 1.